The van der Waals surface area contributed by atoms with E-state index < -0.39 is 0 Å². The molecule has 3 atom stereocenters. The normalized spacial score (nSPS) is 19.6. The summed E-state index contributed by atoms with van der Waals surface area (Å²) in [7, 11) is 0. The van der Waals surface area contributed by atoms with Crippen LogP contribution in [0.2, 0.25) is 0 Å². The Hall–Kier alpha value is -3.43. The standard InChI is InChI=1S/C25H26N4O2/c1-17-15-29(23-11-10-20(13-26)24-22(23)9-6-12-27-24)16-21(31-17)14-28-25(30)18(2)19-7-4-3-5-8-19/h3-12,17-18,21H,14-16H2,1-2H3,(H,28,30)/t17-,18?,21+/m1/s1. The van der Waals surface area contributed by atoms with Crippen LogP contribution in [0.1, 0.15) is 30.9 Å². The molecule has 2 heterocycles. The van der Waals surface area contributed by atoms with E-state index >= 15 is 0 Å². The number of carbonyl (C=O) groups is 1. The zero-order valence-corrected chi connectivity index (χ0v) is 17.8. The molecule has 0 aliphatic carbocycles. The summed E-state index contributed by atoms with van der Waals surface area (Å²) >= 11 is 0. The minimum Gasteiger partial charge on any atom is -0.370 e. The predicted molar refractivity (Wildman–Crippen MR) is 121 cm³/mol. The molecule has 0 radical (unpaired) electrons. The van der Waals surface area contributed by atoms with E-state index in [4.69, 9.17) is 4.74 Å². The Labute approximate surface area is 182 Å². The number of nitriles is 1. The maximum Gasteiger partial charge on any atom is 0.227 e. The fraction of sp³-hybridized carbons (Fsp3) is 0.320. The van der Waals surface area contributed by atoms with Crippen LogP contribution in [0.3, 0.4) is 0 Å². The molecule has 1 amide bonds. The summed E-state index contributed by atoms with van der Waals surface area (Å²) in [4.78, 5) is 19.3. The van der Waals surface area contributed by atoms with E-state index in [9.17, 15) is 10.1 Å². The predicted octanol–water partition coefficient (Wildman–Crippen LogP) is 3.62. The third kappa shape index (κ3) is 4.52. The molecule has 6 heteroatoms. The molecule has 1 saturated heterocycles. The lowest BCUT2D eigenvalue weighted by molar-refractivity contribution is -0.123. The minimum absolute atomic E-state index is 0.00685. The smallest absolute Gasteiger partial charge is 0.227 e. The first-order chi connectivity index (χ1) is 15.1. The third-order valence-electron chi connectivity index (χ3n) is 5.73. The number of pyridine rings is 1. The third-order valence-corrected chi connectivity index (χ3v) is 5.73. The molecule has 4 rings (SSSR count). The molecule has 158 valence electrons. The largest absolute Gasteiger partial charge is 0.370 e. The van der Waals surface area contributed by atoms with E-state index in [2.05, 4.69) is 21.3 Å². The van der Waals surface area contributed by atoms with Crippen molar-refractivity contribution >= 4 is 22.5 Å². The zero-order chi connectivity index (χ0) is 21.8. The lowest BCUT2D eigenvalue weighted by Crippen LogP contribution is -2.51. The van der Waals surface area contributed by atoms with Gasteiger partial charge in [0.1, 0.15) is 6.07 Å². The summed E-state index contributed by atoms with van der Waals surface area (Å²) in [6.45, 7) is 5.79. The Balaban J connectivity index is 1.47. The number of aromatic nitrogens is 1. The van der Waals surface area contributed by atoms with Crippen LogP contribution in [0.15, 0.2) is 60.8 Å². The molecule has 2 aromatic carbocycles. The Bertz CT molecular complexity index is 1110. The number of fused-ring (bicyclic) bond motifs is 1. The zero-order valence-electron chi connectivity index (χ0n) is 17.8. The minimum atomic E-state index is -0.216. The van der Waals surface area contributed by atoms with E-state index in [-0.39, 0.29) is 24.0 Å². The maximum absolute atomic E-state index is 12.6. The van der Waals surface area contributed by atoms with Gasteiger partial charge in [-0.05, 0) is 43.7 Å². The van der Waals surface area contributed by atoms with Gasteiger partial charge in [0.15, 0.2) is 0 Å². The van der Waals surface area contributed by atoms with Gasteiger partial charge >= 0.3 is 0 Å². The molecule has 1 fully saturated rings. The number of morpholine rings is 1. The Morgan fingerprint density at radius 2 is 2.03 bits per heavy atom. The molecule has 0 spiro atoms. The number of amides is 1. The van der Waals surface area contributed by atoms with Crippen molar-refractivity contribution in [3.8, 4) is 6.07 Å². The summed E-state index contributed by atoms with van der Waals surface area (Å²) in [5, 5.41) is 13.4. The van der Waals surface area contributed by atoms with Crippen LogP contribution in [0.25, 0.3) is 10.9 Å². The van der Waals surface area contributed by atoms with Gasteiger partial charge in [-0.25, -0.2) is 0 Å². The molecule has 3 aromatic rings. The highest BCUT2D eigenvalue weighted by Gasteiger charge is 2.27. The second-order valence-corrected chi connectivity index (χ2v) is 7.99. The molecular weight excluding hydrogens is 388 g/mol. The number of anilines is 1. The van der Waals surface area contributed by atoms with Gasteiger partial charge in [0.2, 0.25) is 5.91 Å². The van der Waals surface area contributed by atoms with Crippen molar-refractivity contribution in [2.24, 2.45) is 0 Å². The summed E-state index contributed by atoms with van der Waals surface area (Å²) in [6, 6.07) is 19.7. The molecule has 1 aliphatic heterocycles. The monoisotopic (exact) mass is 414 g/mol. The number of nitrogens with zero attached hydrogens (tertiary/aromatic N) is 3. The SMILES string of the molecule is CC(C(=O)NC[C@H]1CN(c2ccc(C#N)c3ncccc23)C[C@@H](C)O1)c1ccccc1. The van der Waals surface area contributed by atoms with Crippen molar-refractivity contribution in [1.29, 1.82) is 5.26 Å². The summed E-state index contributed by atoms with van der Waals surface area (Å²) in [6.07, 6.45) is 1.60. The number of benzene rings is 2. The lowest BCUT2D eigenvalue weighted by atomic mass is 10.0. The van der Waals surface area contributed by atoms with Gasteiger partial charge in [0, 0.05) is 36.9 Å². The molecule has 6 nitrogen and oxygen atoms in total. The maximum atomic E-state index is 12.6. The number of nitrogens with one attached hydrogen (secondary N) is 1. The molecule has 1 aromatic heterocycles. The first-order valence-electron chi connectivity index (χ1n) is 10.6. The van der Waals surface area contributed by atoms with Gasteiger partial charge in [0.05, 0.1) is 29.2 Å². The lowest BCUT2D eigenvalue weighted by Gasteiger charge is -2.38. The van der Waals surface area contributed by atoms with Gasteiger partial charge in [0.25, 0.3) is 0 Å². The summed E-state index contributed by atoms with van der Waals surface area (Å²) < 4.78 is 6.11. The second kappa shape index (κ2) is 9.15. The molecule has 1 unspecified atom stereocenters. The number of hydrogen-bond acceptors (Lipinski definition) is 5. The van der Waals surface area contributed by atoms with E-state index in [0.717, 1.165) is 23.2 Å². The highest BCUT2D eigenvalue weighted by Crippen LogP contribution is 2.30. The van der Waals surface area contributed by atoms with Crippen LogP contribution < -0.4 is 10.2 Å². The van der Waals surface area contributed by atoms with E-state index in [1.165, 1.54) is 0 Å². The van der Waals surface area contributed by atoms with Crippen LogP contribution in [0.5, 0.6) is 0 Å². The van der Waals surface area contributed by atoms with Crippen LogP contribution in [-0.4, -0.2) is 42.7 Å². The van der Waals surface area contributed by atoms with Crippen molar-refractivity contribution in [3.63, 3.8) is 0 Å². The van der Waals surface area contributed by atoms with Gasteiger partial charge in [-0.1, -0.05) is 30.3 Å². The van der Waals surface area contributed by atoms with Crippen LogP contribution in [0, 0.1) is 11.3 Å². The Morgan fingerprint density at radius 1 is 1.23 bits per heavy atom. The van der Waals surface area contributed by atoms with Gasteiger partial charge in [-0.2, -0.15) is 5.26 Å². The first-order valence-corrected chi connectivity index (χ1v) is 10.6. The summed E-state index contributed by atoms with van der Waals surface area (Å²) in [5.41, 5.74) is 3.31. The van der Waals surface area contributed by atoms with E-state index in [1.807, 2.05) is 68.4 Å². The molecule has 0 saturated carbocycles. The molecular formula is C25H26N4O2. The van der Waals surface area contributed by atoms with Crippen LogP contribution in [-0.2, 0) is 9.53 Å². The first kappa shape index (κ1) is 20.8. The number of carbonyl (C=O) groups excluding carboxylic acids is 1. The fourth-order valence-electron chi connectivity index (χ4n) is 4.14. The molecule has 0 bridgehead atoms. The van der Waals surface area contributed by atoms with Crippen LogP contribution in [0.4, 0.5) is 5.69 Å². The van der Waals surface area contributed by atoms with Gasteiger partial charge in [-0.3, -0.25) is 9.78 Å². The van der Waals surface area contributed by atoms with E-state index in [1.54, 1.807) is 6.20 Å². The highest BCUT2D eigenvalue weighted by atomic mass is 16.5. The highest BCUT2D eigenvalue weighted by molar-refractivity contribution is 5.95. The second-order valence-electron chi connectivity index (χ2n) is 7.99. The topological polar surface area (TPSA) is 78.3 Å². The number of rotatable bonds is 5. The van der Waals surface area contributed by atoms with Gasteiger partial charge < -0.3 is 15.0 Å². The Kier molecular flexibility index (Phi) is 6.15. The average Bonchev–Trinajstić information content (AvgIpc) is 2.81. The quantitative estimate of drug-likeness (QED) is 0.690. The Morgan fingerprint density at radius 3 is 2.81 bits per heavy atom. The number of ether oxygens (including phenoxy) is 1. The molecule has 1 aliphatic rings. The average molecular weight is 415 g/mol. The van der Waals surface area contributed by atoms with Crippen molar-refractivity contribution in [3.05, 3.63) is 71.9 Å². The van der Waals surface area contributed by atoms with E-state index in [0.29, 0.717) is 24.2 Å². The molecule has 1 N–H and O–H groups in total. The van der Waals surface area contributed by atoms with Crippen molar-refractivity contribution in [2.75, 3.05) is 24.5 Å². The van der Waals surface area contributed by atoms with Crippen molar-refractivity contribution in [2.45, 2.75) is 32.0 Å². The van der Waals surface area contributed by atoms with Gasteiger partial charge in [-0.15, -0.1) is 0 Å². The fourth-order valence-corrected chi connectivity index (χ4v) is 4.14. The van der Waals surface area contributed by atoms with Crippen molar-refractivity contribution in [1.82, 2.24) is 10.3 Å². The molecule has 31 heavy (non-hydrogen) atoms. The summed E-state index contributed by atoms with van der Waals surface area (Å²) in [5.74, 6) is -0.223. The van der Waals surface area contributed by atoms with Crippen LogP contribution >= 0.6 is 0 Å². The number of hydrogen-bond donors (Lipinski definition) is 1. The van der Waals surface area contributed by atoms with Crippen molar-refractivity contribution < 1.29 is 9.53 Å².